The van der Waals surface area contributed by atoms with E-state index in [1.165, 1.54) is 11.1 Å². The number of carbonyl (C=O) groups excluding carboxylic acids is 1. The number of nitrogens with zero attached hydrogens (tertiary/aromatic N) is 1. The molecule has 2 aromatic carbocycles. The van der Waals surface area contributed by atoms with Crippen molar-refractivity contribution in [3.8, 4) is 5.75 Å². The number of carbonyl (C=O) groups is 1. The van der Waals surface area contributed by atoms with Gasteiger partial charge in [-0.05, 0) is 30.0 Å². The molecule has 1 saturated heterocycles. The molecule has 0 bridgehead atoms. The molecular weight excluding hydrogens is 312 g/mol. The van der Waals surface area contributed by atoms with Gasteiger partial charge in [0, 0.05) is 25.2 Å². The van der Waals surface area contributed by atoms with Gasteiger partial charge in [-0.3, -0.25) is 4.79 Å². The van der Waals surface area contributed by atoms with Gasteiger partial charge < -0.3 is 15.0 Å². The third-order valence-corrected chi connectivity index (χ3v) is 5.46. The number of fused-ring (bicyclic) bond motifs is 1. The van der Waals surface area contributed by atoms with Crippen molar-refractivity contribution in [1.82, 2.24) is 10.2 Å². The molecule has 130 valence electrons. The Labute approximate surface area is 148 Å². The fourth-order valence-electron chi connectivity index (χ4n) is 4.20. The molecule has 0 radical (unpaired) electrons. The van der Waals surface area contributed by atoms with Crippen molar-refractivity contribution < 1.29 is 9.53 Å². The predicted molar refractivity (Wildman–Crippen MR) is 97.8 cm³/mol. The van der Waals surface area contributed by atoms with Gasteiger partial charge in [0.1, 0.15) is 5.75 Å². The Bertz CT molecular complexity index is 774. The lowest BCUT2D eigenvalue weighted by Gasteiger charge is -2.38. The maximum Gasteiger partial charge on any atom is 0.230 e. The molecule has 25 heavy (non-hydrogen) atoms. The highest BCUT2D eigenvalue weighted by molar-refractivity contribution is 5.85. The van der Waals surface area contributed by atoms with Crippen LogP contribution < -0.4 is 10.1 Å². The zero-order valence-corrected chi connectivity index (χ0v) is 14.6. The molecule has 1 aliphatic carbocycles. The summed E-state index contributed by atoms with van der Waals surface area (Å²) in [6.07, 6.45) is 1.92. The van der Waals surface area contributed by atoms with Crippen molar-refractivity contribution in [2.45, 2.75) is 24.8 Å². The largest absolute Gasteiger partial charge is 0.496 e. The van der Waals surface area contributed by atoms with Gasteiger partial charge in [0.2, 0.25) is 5.91 Å². The summed E-state index contributed by atoms with van der Waals surface area (Å²) in [5.74, 6) is 1.09. The first kappa shape index (κ1) is 16.2. The number of ether oxygens (including phenoxy) is 1. The van der Waals surface area contributed by atoms with E-state index < -0.39 is 0 Å². The van der Waals surface area contributed by atoms with Gasteiger partial charge in [0.25, 0.3) is 0 Å². The third-order valence-electron chi connectivity index (χ3n) is 5.46. The summed E-state index contributed by atoms with van der Waals surface area (Å²) in [5, 5.41) is 3.43. The van der Waals surface area contributed by atoms with Crippen LogP contribution in [0.5, 0.6) is 5.75 Å². The molecule has 1 amide bonds. The average molecular weight is 336 g/mol. The summed E-state index contributed by atoms with van der Waals surface area (Å²) < 4.78 is 5.54. The van der Waals surface area contributed by atoms with Gasteiger partial charge in [-0.1, -0.05) is 42.5 Å². The standard InChI is InChI=1S/C21H24N2O2/c1-25-20-9-5-4-8-18(20)19-14-22-12-13-23(19)21(24)17-11-10-15-6-2-3-7-16(15)17/h2-9,17,19,22H,10-14H2,1H3. The number of rotatable bonds is 3. The number of amides is 1. The summed E-state index contributed by atoms with van der Waals surface area (Å²) in [4.78, 5) is 15.5. The predicted octanol–water partition coefficient (Wildman–Crippen LogP) is 2.90. The molecule has 4 rings (SSSR count). The van der Waals surface area contributed by atoms with Gasteiger partial charge in [-0.2, -0.15) is 0 Å². The fraction of sp³-hybridized carbons (Fsp3) is 0.381. The van der Waals surface area contributed by atoms with Crippen molar-refractivity contribution in [1.29, 1.82) is 0 Å². The first-order chi connectivity index (χ1) is 12.3. The van der Waals surface area contributed by atoms with Crippen LogP contribution in [0.25, 0.3) is 0 Å². The fourth-order valence-corrected chi connectivity index (χ4v) is 4.20. The normalized spacial score (nSPS) is 22.5. The Morgan fingerprint density at radius 3 is 2.72 bits per heavy atom. The summed E-state index contributed by atoms with van der Waals surface area (Å²) in [7, 11) is 1.69. The minimum absolute atomic E-state index is 0.00786. The Balaban J connectivity index is 1.65. The number of hydrogen-bond donors (Lipinski definition) is 1. The zero-order chi connectivity index (χ0) is 17.2. The van der Waals surface area contributed by atoms with E-state index in [9.17, 15) is 4.79 Å². The highest BCUT2D eigenvalue weighted by Gasteiger charge is 2.36. The van der Waals surface area contributed by atoms with Crippen LogP contribution in [0.4, 0.5) is 0 Å². The smallest absolute Gasteiger partial charge is 0.230 e. The van der Waals surface area contributed by atoms with Crippen LogP contribution in [-0.4, -0.2) is 37.6 Å². The number of aryl methyl sites for hydroxylation is 1. The highest BCUT2D eigenvalue weighted by Crippen LogP contribution is 2.37. The van der Waals surface area contributed by atoms with Gasteiger partial charge >= 0.3 is 0 Å². The van der Waals surface area contributed by atoms with Crippen LogP contribution >= 0.6 is 0 Å². The van der Waals surface area contributed by atoms with E-state index in [-0.39, 0.29) is 17.9 Å². The van der Waals surface area contributed by atoms with Crippen LogP contribution in [0.2, 0.25) is 0 Å². The molecule has 0 spiro atoms. The molecule has 2 aromatic rings. The quantitative estimate of drug-likeness (QED) is 0.937. The SMILES string of the molecule is COc1ccccc1C1CNCCN1C(=O)C1CCc2ccccc21. The Morgan fingerprint density at radius 1 is 1.12 bits per heavy atom. The van der Waals surface area contributed by atoms with Crippen molar-refractivity contribution in [2.75, 3.05) is 26.7 Å². The van der Waals surface area contributed by atoms with Gasteiger partial charge in [-0.25, -0.2) is 0 Å². The number of methoxy groups -OCH3 is 1. The summed E-state index contributed by atoms with van der Waals surface area (Å²) in [5.41, 5.74) is 3.62. The molecule has 1 heterocycles. The van der Waals surface area contributed by atoms with Gasteiger partial charge in [0.15, 0.2) is 0 Å². The molecule has 2 aliphatic rings. The van der Waals surface area contributed by atoms with Gasteiger partial charge in [-0.15, -0.1) is 0 Å². The average Bonchev–Trinajstić information content (AvgIpc) is 3.11. The number of hydrogen-bond acceptors (Lipinski definition) is 3. The summed E-state index contributed by atoms with van der Waals surface area (Å²) in [6.45, 7) is 2.34. The van der Waals surface area contributed by atoms with Crippen molar-refractivity contribution in [3.63, 3.8) is 0 Å². The minimum Gasteiger partial charge on any atom is -0.496 e. The van der Waals surface area contributed by atoms with E-state index >= 15 is 0 Å². The first-order valence-electron chi connectivity index (χ1n) is 9.01. The van der Waals surface area contributed by atoms with E-state index in [0.29, 0.717) is 0 Å². The lowest BCUT2D eigenvalue weighted by Crippen LogP contribution is -2.50. The maximum atomic E-state index is 13.4. The number of nitrogens with one attached hydrogen (secondary N) is 1. The monoisotopic (exact) mass is 336 g/mol. The second-order valence-corrected chi connectivity index (χ2v) is 6.78. The molecule has 1 aliphatic heterocycles. The first-order valence-corrected chi connectivity index (χ1v) is 9.01. The molecular formula is C21H24N2O2. The van der Waals surface area contributed by atoms with E-state index in [1.807, 2.05) is 24.3 Å². The van der Waals surface area contributed by atoms with Crippen LogP contribution in [0.15, 0.2) is 48.5 Å². The van der Waals surface area contributed by atoms with E-state index in [2.05, 4.69) is 34.5 Å². The van der Waals surface area contributed by atoms with E-state index in [1.54, 1.807) is 7.11 Å². The van der Waals surface area contributed by atoms with Crippen molar-refractivity contribution in [3.05, 3.63) is 65.2 Å². The molecule has 4 nitrogen and oxygen atoms in total. The van der Waals surface area contributed by atoms with Gasteiger partial charge in [0.05, 0.1) is 19.1 Å². The van der Waals surface area contributed by atoms with E-state index in [0.717, 1.165) is 43.8 Å². The zero-order valence-electron chi connectivity index (χ0n) is 14.6. The number of para-hydroxylation sites is 1. The Hall–Kier alpha value is -2.33. The molecule has 1 fully saturated rings. The summed E-state index contributed by atoms with van der Waals surface area (Å²) in [6, 6.07) is 16.4. The van der Waals surface area contributed by atoms with Crippen LogP contribution in [-0.2, 0) is 11.2 Å². The number of benzene rings is 2. The second kappa shape index (κ2) is 6.89. The van der Waals surface area contributed by atoms with Crippen LogP contribution in [0.3, 0.4) is 0 Å². The Morgan fingerprint density at radius 2 is 1.88 bits per heavy atom. The van der Waals surface area contributed by atoms with Crippen LogP contribution in [0.1, 0.15) is 35.1 Å². The van der Waals surface area contributed by atoms with Crippen LogP contribution in [0, 0.1) is 0 Å². The van der Waals surface area contributed by atoms with Crippen molar-refractivity contribution in [2.24, 2.45) is 0 Å². The molecule has 4 heteroatoms. The minimum atomic E-state index is -0.00786. The third kappa shape index (κ3) is 2.91. The molecule has 2 unspecified atom stereocenters. The molecule has 0 saturated carbocycles. The summed E-state index contributed by atoms with van der Waals surface area (Å²) >= 11 is 0. The Kier molecular flexibility index (Phi) is 4.45. The number of piperazine rings is 1. The van der Waals surface area contributed by atoms with Crippen molar-refractivity contribution >= 4 is 5.91 Å². The topological polar surface area (TPSA) is 41.6 Å². The molecule has 1 N–H and O–H groups in total. The lowest BCUT2D eigenvalue weighted by molar-refractivity contribution is -0.136. The molecule has 0 aromatic heterocycles. The second-order valence-electron chi connectivity index (χ2n) is 6.78. The maximum absolute atomic E-state index is 13.4. The van der Waals surface area contributed by atoms with E-state index in [4.69, 9.17) is 4.74 Å². The molecule has 2 atom stereocenters. The highest BCUT2D eigenvalue weighted by atomic mass is 16.5. The lowest BCUT2D eigenvalue weighted by atomic mass is 9.96.